The van der Waals surface area contributed by atoms with Crippen molar-refractivity contribution in [3.8, 4) is 0 Å². The molecule has 3 fully saturated rings. The molecule has 3 heterocycles. The van der Waals surface area contributed by atoms with E-state index in [0.717, 1.165) is 0 Å². The van der Waals surface area contributed by atoms with E-state index < -0.39 is 102 Å². The van der Waals surface area contributed by atoms with Crippen molar-refractivity contribution in [2.75, 3.05) is 75.4 Å². The summed E-state index contributed by atoms with van der Waals surface area (Å²) in [6, 6.07) is -0.197. The minimum atomic E-state index is -1.97. The van der Waals surface area contributed by atoms with Crippen LogP contribution in [-0.2, 0) is 61.7 Å². The van der Waals surface area contributed by atoms with E-state index in [2.05, 4.69) is 5.16 Å². The Balaban J connectivity index is 2.26. The second kappa shape index (κ2) is 25.6. The summed E-state index contributed by atoms with van der Waals surface area (Å²) in [5, 5.41) is 52.6. The molecule has 0 bridgehead atoms. The van der Waals surface area contributed by atoms with Gasteiger partial charge in [0.1, 0.15) is 30.7 Å². The Kier molecular flexibility index (Phi) is 22.7. The van der Waals surface area contributed by atoms with E-state index in [1.807, 2.05) is 39.8 Å². The minimum absolute atomic E-state index is 0.0212. The van der Waals surface area contributed by atoms with Gasteiger partial charge in [0.15, 0.2) is 12.6 Å². The van der Waals surface area contributed by atoms with Crippen molar-refractivity contribution in [2.24, 2.45) is 28.8 Å². The number of methoxy groups -OCH3 is 3. The molecule has 64 heavy (non-hydrogen) atoms. The second-order valence-corrected chi connectivity index (χ2v) is 18.9. The van der Waals surface area contributed by atoms with E-state index in [1.165, 1.54) is 14.0 Å². The normalized spacial score (nSPS) is 42.7. The van der Waals surface area contributed by atoms with Crippen molar-refractivity contribution in [3.63, 3.8) is 0 Å². The molecule has 0 radical (unpaired) electrons. The number of oxime groups is 1. The zero-order valence-electron chi connectivity index (χ0n) is 41.2. The third-order valence-electron chi connectivity index (χ3n) is 13.3. The van der Waals surface area contributed by atoms with Crippen LogP contribution in [-0.4, -0.2) is 197 Å². The standard InChI is InChI=1S/C45H84N2O17/c1-16-33-45(10,52)38(48)28(4)35(46-59-25-57-20-18-54-14)26(2)22-43(8,51)40(64-42-37(58-24-56-19-17-53-13)32(47(11)12)21-27(3)60-42)29(5)36(30(6)41(50)62-33)63-34-23-44(9,55-15)39(49)31(7)61-34/h26-34,36-40,42,48-49,51-52H,16-25H2,1-15H3. The van der Waals surface area contributed by atoms with Crippen LogP contribution in [0, 0.1) is 23.7 Å². The average Bonchev–Trinajstić information content (AvgIpc) is 3.23. The maximum Gasteiger partial charge on any atom is 0.311 e. The number of hydrogen-bond acceptors (Lipinski definition) is 19. The van der Waals surface area contributed by atoms with Crippen LogP contribution in [0.25, 0.3) is 0 Å². The van der Waals surface area contributed by atoms with Crippen LogP contribution in [0.2, 0.25) is 0 Å². The van der Waals surface area contributed by atoms with Crippen LogP contribution in [0.5, 0.6) is 0 Å². The molecule has 0 aromatic carbocycles. The Labute approximate surface area is 381 Å². The summed E-state index contributed by atoms with van der Waals surface area (Å²) in [4.78, 5) is 22.2. The number of aliphatic hydroxyl groups is 4. The summed E-state index contributed by atoms with van der Waals surface area (Å²) in [5.41, 5.74) is -4.50. The molecule has 18 atom stereocenters. The van der Waals surface area contributed by atoms with Crippen LogP contribution in [0.3, 0.4) is 0 Å². The number of nitrogens with zero attached hydrogens (tertiary/aromatic N) is 2. The van der Waals surface area contributed by atoms with Gasteiger partial charge in [0.05, 0.1) is 79.8 Å². The average molecular weight is 925 g/mol. The Morgan fingerprint density at radius 3 is 2.02 bits per heavy atom. The zero-order valence-corrected chi connectivity index (χ0v) is 41.2. The smallest absolute Gasteiger partial charge is 0.311 e. The van der Waals surface area contributed by atoms with Crippen molar-refractivity contribution in [1.82, 2.24) is 4.90 Å². The fourth-order valence-corrected chi connectivity index (χ4v) is 9.43. The first-order valence-corrected chi connectivity index (χ1v) is 22.8. The first kappa shape index (κ1) is 56.7. The van der Waals surface area contributed by atoms with Crippen LogP contribution < -0.4 is 0 Å². The maximum absolute atomic E-state index is 14.5. The van der Waals surface area contributed by atoms with E-state index in [1.54, 1.807) is 55.8 Å². The molecule has 0 spiro atoms. The Morgan fingerprint density at radius 1 is 0.812 bits per heavy atom. The monoisotopic (exact) mass is 925 g/mol. The lowest BCUT2D eigenvalue weighted by Gasteiger charge is -2.49. The lowest BCUT2D eigenvalue weighted by Crippen LogP contribution is -2.61. The number of carbonyl (C=O) groups excluding carboxylic acids is 1. The van der Waals surface area contributed by atoms with Crippen molar-refractivity contribution in [1.29, 1.82) is 0 Å². The summed E-state index contributed by atoms with van der Waals surface area (Å²) >= 11 is 0. The van der Waals surface area contributed by atoms with Crippen molar-refractivity contribution >= 4 is 11.7 Å². The fraction of sp³-hybridized carbons (Fsp3) is 0.956. The van der Waals surface area contributed by atoms with Gasteiger partial charge in [-0.2, -0.15) is 0 Å². The lowest BCUT2D eigenvalue weighted by atomic mass is 9.73. The number of aliphatic hydroxyl groups excluding tert-OH is 2. The van der Waals surface area contributed by atoms with Crippen molar-refractivity contribution < 1.29 is 82.2 Å². The summed E-state index contributed by atoms with van der Waals surface area (Å²) in [5.74, 6) is -4.14. The molecule has 3 aliphatic heterocycles. The molecule has 3 saturated heterocycles. The summed E-state index contributed by atoms with van der Waals surface area (Å²) < 4.78 is 66.4. The number of rotatable bonds is 19. The van der Waals surface area contributed by atoms with Gasteiger partial charge in [-0.1, -0.05) is 32.9 Å². The highest BCUT2D eigenvalue weighted by atomic mass is 16.7. The quantitative estimate of drug-likeness (QED) is 0.0633. The van der Waals surface area contributed by atoms with Crippen molar-refractivity contribution in [2.45, 2.75) is 179 Å². The molecule has 0 aromatic rings. The highest BCUT2D eigenvalue weighted by Gasteiger charge is 2.53. The van der Waals surface area contributed by atoms with Gasteiger partial charge >= 0.3 is 5.97 Å². The number of hydrogen-bond donors (Lipinski definition) is 4. The molecule has 18 unspecified atom stereocenters. The van der Waals surface area contributed by atoms with Gasteiger partial charge in [0.25, 0.3) is 0 Å². The Hall–Kier alpha value is -1.66. The summed E-state index contributed by atoms with van der Waals surface area (Å²) in [6.07, 6.45) is -8.87. The van der Waals surface area contributed by atoms with Gasteiger partial charge in [0.2, 0.25) is 6.79 Å². The van der Waals surface area contributed by atoms with Gasteiger partial charge in [-0.3, -0.25) is 4.79 Å². The van der Waals surface area contributed by atoms with Gasteiger partial charge in [-0.25, -0.2) is 0 Å². The molecule has 0 amide bonds. The van der Waals surface area contributed by atoms with E-state index >= 15 is 0 Å². The predicted octanol–water partition coefficient (Wildman–Crippen LogP) is 2.85. The molecule has 0 saturated carbocycles. The molecule has 19 nitrogen and oxygen atoms in total. The predicted molar refractivity (Wildman–Crippen MR) is 234 cm³/mol. The van der Waals surface area contributed by atoms with Gasteiger partial charge in [-0.05, 0) is 74.9 Å². The number of cyclic esters (lactones) is 1. The number of likely N-dealkylation sites (N-methyl/N-ethyl adjacent to an activating group) is 1. The first-order valence-electron chi connectivity index (χ1n) is 22.8. The highest BCUT2D eigenvalue weighted by molar-refractivity contribution is 5.88. The number of carbonyl (C=O) groups is 1. The van der Waals surface area contributed by atoms with E-state index in [0.29, 0.717) is 32.0 Å². The summed E-state index contributed by atoms with van der Waals surface area (Å²) in [6.45, 7) is 18.1. The second-order valence-electron chi connectivity index (χ2n) is 18.9. The molecule has 0 aromatic heterocycles. The minimum Gasteiger partial charge on any atom is -0.459 e. The highest BCUT2D eigenvalue weighted by Crippen LogP contribution is 2.41. The lowest BCUT2D eigenvalue weighted by molar-refractivity contribution is -0.325. The SMILES string of the molecule is CCC1OC(=O)C(C)C(OC2CC(C)(OC)C(O)C(C)O2)C(C)C(OC2OC(C)CC(N(C)C)C2OCOCCOC)C(C)(O)CC(C)C(=NOCOCCOC)C(C)C(O)C1(C)O. The van der Waals surface area contributed by atoms with Gasteiger partial charge < -0.3 is 82.3 Å². The molecule has 4 N–H and O–H groups in total. The van der Waals surface area contributed by atoms with Gasteiger partial charge in [0, 0.05) is 51.5 Å². The van der Waals surface area contributed by atoms with E-state index in [-0.39, 0.29) is 51.6 Å². The van der Waals surface area contributed by atoms with E-state index in [9.17, 15) is 25.2 Å². The zero-order chi connectivity index (χ0) is 48.2. The van der Waals surface area contributed by atoms with Crippen LogP contribution in [0.15, 0.2) is 5.16 Å². The van der Waals surface area contributed by atoms with Crippen LogP contribution in [0.4, 0.5) is 0 Å². The van der Waals surface area contributed by atoms with Crippen molar-refractivity contribution in [3.05, 3.63) is 0 Å². The molecule has 19 heteroatoms. The fourth-order valence-electron chi connectivity index (χ4n) is 9.43. The molecule has 0 aliphatic carbocycles. The van der Waals surface area contributed by atoms with Crippen LogP contribution >= 0.6 is 0 Å². The van der Waals surface area contributed by atoms with Crippen LogP contribution in [0.1, 0.15) is 94.9 Å². The first-order chi connectivity index (χ1) is 30.0. The third kappa shape index (κ3) is 14.7. The van der Waals surface area contributed by atoms with Gasteiger partial charge in [-0.15, -0.1) is 0 Å². The molecule has 3 aliphatic rings. The maximum atomic E-state index is 14.5. The number of ether oxygens (including phenoxy) is 11. The largest absolute Gasteiger partial charge is 0.459 e. The Morgan fingerprint density at radius 2 is 1.44 bits per heavy atom. The molecular weight excluding hydrogens is 840 g/mol. The molecule has 376 valence electrons. The Bertz CT molecular complexity index is 1410. The third-order valence-corrected chi connectivity index (χ3v) is 13.3. The topological polar surface area (TPSA) is 224 Å². The molecule has 3 rings (SSSR count). The summed E-state index contributed by atoms with van der Waals surface area (Å²) in [7, 11) is 8.52. The number of esters is 1. The van der Waals surface area contributed by atoms with E-state index in [4.69, 9.17) is 56.9 Å². The molecular formula is C45H84N2O17.